The SMILES string of the molecule is COC(=O)[C@H](C)Sc1nc2cc(Cl)ccc2c(=O)n1-c1ccccc1. The summed E-state index contributed by atoms with van der Waals surface area (Å²) in [4.78, 5) is 29.4. The highest BCUT2D eigenvalue weighted by molar-refractivity contribution is 8.00. The number of rotatable bonds is 4. The molecule has 5 nitrogen and oxygen atoms in total. The molecule has 1 atom stereocenters. The summed E-state index contributed by atoms with van der Waals surface area (Å²) in [5, 5.41) is 0.851. The summed E-state index contributed by atoms with van der Waals surface area (Å²) in [5.74, 6) is -0.384. The van der Waals surface area contributed by atoms with Crippen LogP contribution in [0.3, 0.4) is 0 Å². The van der Waals surface area contributed by atoms with Crippen molar-refractivity contribution in [2.75, 3.05) is 7.11 Å². The van der Waals surface area contributed by atoms with Gasteiger partial charge < -0.3 is 4.74 Å². The van der Waals surface area contributed by atoms with Crippen LogP contribution in [0.15, 0.2) is 58.5 Å². The molecule has 0 fully saturated rings. The lowest BCUT2D eigenvalue weighted by atomic mass is 10.2. The summed E-state index contributed by atoms with van der Waals surface area (Å²) >= 11 is 7.20. The third-order valence-corrected chi connectivity index (χ3v) is 4.90. The Kier molecular flexibility index (Phi) is 5.11. The highest BCUT2D eigenvalue weighted by atomic mass is 35.5. The molecule has 0 aliphatic rings. The van der Waals surface area contributed by atoms with Crippen LogP contribution in [0.4, 0.5) is 0 Å². The molecule has 3 rings (SSSR count). The second-order valence-corrected chi connectivity index (χ2v) is 7.06. The molecule has 0 unspecified atom stereocenters. The molecule has 0 aliphatic heterocycles. The molecule has 1 aromatic heterocycles. The third-order valence-electron chi connectivity index (χ3n) is 3.63. The minimum Gasteiger partial charge on any atom is -0.468 e. The van der Waals surface area contributed by atoms with Gasteiger partial charge in [-0.2, -0.15) is 0 Å². The average molecular weight is 375 g/mol. The monoisotopic (exact) mass is 374 g/mol. The van der Waals surface area contributed by atoms with Crippen molar-refractivity contribution in [2.24, 2.45) is 0 Å². The maximum Gasteiger partial charge on any atom is 0.318 e. The fourth-order valence-electron chi connectivity index (χ4n) is 2.39. The smallest absolute Gasteiger partial charge is 0.318 e. The standard InChI is InChI=1S/C18H15ClN2O3S/c1-11(17(23)24-2)25-18-20-15-10-12(19)8-9-14(15)16(22)21(18)13-6-4-3-5-7-13/h3-11H,1-2H3/t11-/m0/s1. The molecule has 0 aliphatic carbocycles. The van der Waals surface area contributed by atoms with E-state index in [2.05, 4.69) is 4.98 Å². The number of halogens is 1. The fraction of sp³-hybridized carbons (Fsp3) is 0.167. The molecule has 0 radical (unpaired) electrons. The van der Waals surface area contributed by atoms with Crippen molar-refractivity contribution in [3.05, 3.63) is 63.9 Å². The first-order valence-electron chi connectivity index (χ1n) is 7.53. The molecular weight excluding hydrogens is 360 g/mol. The van der Waals surface area contributed by atoms with Crippen LogP contribution in [0.2, 0.25) is 5.02 Å². The molecule has 7 heteroatoms. The summed E-state index contributed by atoms with van der Waals surface area (Å²) < 4.78 is 6.27. The largest absolute Gasteiger partial charge is 0.468 e. The Morgan fingerprint density at radius 2 is 1.96 bits per heavy atom. The minimum atomic E-state index is -0.511. The first-order valence-corrected chi connectivity index (χ1v) is 8.79. The van der Waals surface area contributed by atoms with Gasteiger partial charge in [0.2, 0.25) is 0 Å². The lowest BCUT2D eigenvalue weighted by Gasteiger charge is -2.15. The molecule has 2 aromatic carbocycles. The van der Waals surface area contributed by atoms with E-state index in [1.165, 1.54) is 23.4 Å². The van der Waals surface area contributed by atoms with Crippen LogP contribution < -0.4 is 5.56 Å². The third kappa shape index (κ3) is 3.55. The fourth-order valence-corrected chi connectivity index (χ4v) is 3.51. The van der Waals surface area contributed by atoms with Crippen LogP contribution in [0, 0.1) is 0 Å². The molecule has 0 N–H and O–H groups in total. The zero-order chi connectivity index (χ0) is 18.0. The molecule has 0 saturated heterocycles. The second-order valence-electron chi connectivity index (χ2n) is 5.32. The summed E-state index contributed by atoms with van der Waals surface area (Å²) in [6, 6.07) is 14.1. The van der Waals surface area contributed by atoms with E-state index >= 15 is 0 Å². The number of carbonyl (C=O) groups excluding carboxylic acids is 1. The molecular formula is C18H15ClN2O3S. The van der Waals surface area contributed by atoms with Gasteiger partial charge in [0.15, 0.2) is 5.16 Å². The van der Waals surface area contributed by atoms with Gasteiger partial charge in [0.05, 0.1) is 23.7 Å². The van der Waals surface area contributed by atoms with Gasteiger partial charge in [-0.15, -0.1) is 0 Å². The van der Waals surface area contributed by atoms with Crippen molar-refractivity contribution in [3.63, 3.8) is 0 Å². The highest BCUT2D eigenvalue weighted by Gasteiger charge is 2.20. The van der Waals surface area contributed by atoms with Gasteiger partial charge in [0.25, 0.3) is 5.56 Å². The van der Waals surface area contributed by atoms with Gasteiger partial charge in [-0.3, -0.25) is 14.2 Å². The summed E-state index contributed by atoms with van der Waals surface area (Å²) in [6.45, 7) is 1.71. The number of thioether (sulfide) groups is 1. The van der Waals surface area contributed by atoms with E-state index in [1.807, 2.05) is 30.3 Å². The molecule has 0 spiro atoms. The van der Waals surface area contributed by atoms with Crippen LogP contribution in [0.25, 0.3) is 16.6 Å². The first-order chi connectivity index (χ1) is 12.0. The quantitative estimate of drug-likeness (QED) is 0.396. The van der Waals surface area contributed by atoms with Gasteiger partial charge in [-0.1, -0.05) is 41.6 Å². The number of fused-ring (bicyclic) bond motifs is 1. The summed E-state index contributed by atoms with van der Waals surface area (Å²) in [6.07, 6.45) is 0. The van der Waals surface area contributed by atoms with Crippen LogP contribution in [-0.4, -0.2) is 27.9 Å². The number of methoxy groups -OCH3 is 1. The Morgan fingerprint density at radius 1 is 1.24 bits per heavy atom. The predicted molar refractivity (Wildman–Crippen MR) is 99.7 cm³/mol. The lowest BCUT2D eigenvalue weighted by Crippen LogP contribution is -2.24. The van der Waals surface area contributed by atoms with E-state index in [-0.39, 0.29) is 11.5 Å². The molecule has 0 saturated carbocycles. The van der Waals surface area contributed by atoms with Crippen molar-refractivity contribution in [2.45, 2.75) is 17.3 Å². The van der Waals surface area contributed by atoms with Gasteiger partial charge in [-0.05, 0) is 37.3 Å². The molecule has 3 aromatic rings. The lowest BCUT2D eigenvalue weighted by molar-refractivity contribution is -0.139. The van der Waals surface area contributed by atoms with Crippen LogP contribution >= 0.6 is 23.4 Å². The molecule has 25 heavy (non-hydrogen) atoms. The maximum atomic E-state index is 13.0. The molecule has 0 amide bonds. The Morgan fingerprint density at radius 3 is 2.64 bits per heavy atom. The minimum absolute atomic E-state index is 0.215. The number of hydrogen-bond donors (Lipinski definition) is 0. The molecule has 1 heterocycles. The zero-order valence-electron chi connectivity index (χ0n) is 13.6. The Bertz CT molecular complexity index is 989. The normalized spacial score (nSPS) is 12.1. The van der Waals surface area contributed by atoms with E-state index < -0.39 is 5.25 Å². The van der Waals surface area contributed by atoms with Gasteiger partial charge in [0.1, 0.15) is 5.25 Å². The number of carbonyl (C=O) groups is 1. The maximum absolute atomic E-state index is 13.0. The summed E-state index contributed by atoms with van der Waals surface area (Å²) in [5.41, 5.74) is 0.952. The van der Waals surface area contributed by atoms with E-state index in [4.69, 9.17) is 16.3 Å². The number of ether oxygens (including phenoxy) is 1. The van der Waals surface area contributed by atoms with Crippen molar-refractivity contribution in [1.29, 1.82) is 0 Å². The van der Waals surface area contributed by atoms with Gasteiger partial charge >= 0.3 is 5.97 Å². The van der Waals surface area contributed by atoms with E-state index in [9.17, 15) is 9.59 Å². The van der Waals surface area contributed by atoms with Crippen molar-refractivity contribution in [3.8, 4) is 5.69 Å². The highest BCUT2D eigenvalue weighted by Crippen LogP contribution is 2.26. The van der Waals surface area contributed by atoms with E-state index in [0.29, 0.717) is 26.8 Å². The zero-order valence-corrected chi connectivity index (χ0v) is 15.2. The Labute approximate surface area is 153 Å². The van der Waals surface area contributed by atoms with E-state index in [0.717, 1.165) is 0 Å². The number of nitrogens with zero attached hydrogens (tertiary/aromatic N) is 2. The van der Waals surface area contributed by atoms with Gasteiger partial charge in [-0.25, -0.2) is 4.98 Å². The van der Waals surface area contributed by atoms with Crippen LogP contribution in [-0.2, 0) is 9.53 Å². The van der Waals surface area contributed by atoms with Crippen molar-refractivity contribution >= 4 is 40.2 Å². The summed E-state index contributed by atoms with van der Waals surface area (Å²) in [7, 11) is 1.33. The number of benzene rings is 2. The Hall–Kier alpha value is -2.31. The van der Waals surface area contributed by atoms with E-state index in [1.54, 1.807) is 25.1 Å². The number of para-hydroxylation sites is 1. The Balaban J connectivity index is 2.25. The number of esters is 1. The number of hydrogen-bond acceptors (Lipinski definition) is 5. The predicted octanol–water partition coefficient (Wildman–Crippen LogP) is 3.69. The van der Waals surface area contributed by atoms with Gasteiger partial charge in [0, 0.05) is 5.02 Å². The molecule has 128 valence electrons. The first kappa shape index (κ1) is 17.5. The second kappa shape index (κ2) is 7.29. The van der Waals surface area contributed by atoms with Crippen molar-refractivity contribution < 1.29 is 9.53 Å². The number of aromatic nitrogens is 2. The van der Waals surface area contributed by atoms with Crippen LogP contribution in [0.1, 0.15) is 6.92 Å². The average Bonchev–Trinajstić information content (AvgIpc) is 2.61. The topological polar surface area (TPSA) is 61.2 Å². The van der Waals surface area contributed by atoms with Crippen molar-refractivity contribution in [1.82, 2.24) is 9.55 Å². The molecule has 0 bridgehead atoms. The van der Waals surface area contributed by atoms with Crippen LogP contribution in [0.5, 0.6) is 0 Å².